The molecule has 0 bridgehead atoms. The zero-order valence-corrected chi connectivity index (χ0v) is 10.1. The average molecular weight is 271 g/mol. The van der Waals surface area contributed by atoms with Crippen LogP contribution in [0.25, 0.3) is 0 Å². The first-order valence-corrected chi connectivity index (χ1v) is 5.64. The van der Waals surface area contributed by atoms with E-state index in [-0.39, 0.29) is 6.61 Å². The van der Waals surface area contributed by atoms with Gasteiger partial charge in [-0.15, -0.1) is 4.91 Å². The smallest absolute Gasteiger partial charge is 0.330 e. The van der Waals surface area contributed by atoms with Crippen molar-refractivity contribution >= 4 is 0 Å². The minimum absolute atomic E-state index is 0.376. The highest BCUT2D eigenvalue weighted by molar-refractivity contribution is 4.91. The van der Waals surface area contributed by atoms with E-state index in [1.165, 1.54) is 16.8 Å². The summed E-state index contributed by atoms with van der Waals surface area (Å²) in [6.07, 6.45) is -0.996. The molecule has 104 valence electrons. The molecule has 2 N–H and O–H groups in total. The summed E-state index contributed by atoms with van der Waals surface area (Å²) in [7, 11) is 0. The van der Waals surface area contributed by atoms with Crippen LogP contribution in [0.15, 0.2) is 27.2 Å². The first kappa shape index (κ1) is 13.4. The lowest BCUT2D eigenvalue weighted by molar-refractivity contribution is -0.0624. The Bertz CT molecular complexity index is 567. The van der Waals surface area contributed by atoms with Crippen molar-refractivity contribution < 1.29 is 14.7 Å². The van der Waals surface area contributed by atoms with E-state index in [1.54, 1.807) is 6.92 Å². The van der Waals surface area contributed by atoms with Crippen molar-refractivity contribution in [1.29, 1.82) is 0 Å². The third-order valence-electron chi connectivity index (χ3n) is 3.12. The molecule has 19 heavy (non-hydrogen) atoms. The molecule has 0 spiro atoms. The van der Waals surface area contributed by atoms with Gasteiger partial charge in [-0.2, -0.15) is 0 Å². The number of H-pyrrole nitrogens is 1. The molecule has 0 amide bonds. The average Bonchev–Trinajstić information content (AvgIpc) is 2.68. The third kappa shape index (κ3) is 2.42. The fourth-order valence-electron chi connectivity index (χ4n) is 2.19. The van der Waals surface area contributed by atoms with Crippen LogP contribution < -0.4 is 11.2 Å². The number of hydrogen-bond donors (Lipinski definition) is 2. The molecular formula is C10H13N3O6. The highest BCUT2D eigenvalue weighted by atomic mass is 16.7. The number of aromatic nitrogens is 2. The molecule has 1 fully saturated rings. The Kier molecular flexibility index (Phi) is 3.76. The van der Waals surface area contributed by atoms with Crippen molar-refractivity contribution in [2.75, 3.05) is 6.61 Å². The van der Waals surface area contributed by atoms with Gasteiger partial charge in [0.05, 0.1) is 6.61 Å². The number of nitrogens with zero attached hydrogens (tertiary/aromatic N) is 2. The lowest BCUT2D eigenvalue weighted by Crippen LogP contribution is -2.34. The molecule has 9 nitrogen and oxygen atoms in total. The fourth-order valence-corrected chi connectivity index (χ4v) is 2.19. The predicted molar refractivity (Wildman–Crippen MR) is 62.2 cm³/mol. The zero-order valence-electron chi connectivity index (χ0n) is 10.1. The number of aliphatic hydroxyl groups excluding tert-OH is 1. The Balaban J connectivity index is 2.33. The molecule has 0 saturated carbocycles. The maximum absolute atomic E-state index is 11.7. The first-order valence-electron chi connectivity index (χ1n) is 5.64. The molecule has 1 saturated heterocycles. The number of ether oxygens (including phenoxy) is 1. The molecular weight excluding hydrogens is 258 g/mol. The van der Waals surface area contributed by atoms with E-state index in [1.807, 2.05) is 0 Å². The van der Waals surface area contributed by atoms with Crippen molar-refractivity contribution in [3.63, 3.8) is 0 Å². The topological polar surface area (TPSA) is 123 Å². The Morgan fingerprint density at radius 2 is 2.32 bits per heavy atom. The summed E-state index contributed by atoms with van der Waals surface area (Å²) >= 11 is 0. The third-order valence-corrected chi connectivity index (χ3v) is 3.12. The van der Waals surface area contributed by atoms with Gasteiger partial charge in [-0.25, -0.2) is 4.79 Å². The van der Waals surface area contributed by atoms with Crippen LogP contribution in [-0.2, 0) is 9.57 Å². The molecule has 0 aliphatic carbocycles. The molecule has 4 unspecified atom stereocenters. The molecule has 2 rings (SSSR count). The summed E-state index contributed by atoms with van der Waals surface area (Å²) in [6.45, 7) is 1.31. The van der Waals surface area contributed by atoms with Crippen molar-refractivity contribution in [2.45, 2.75) is 25.4 Å². The van der Waals surface area contributed by atoms with Crippen LogP contribution in [0.3, 0.4) is 0 Å². The van der Waals surface area contributed by atoms with Gasteiger partial charge in [0.2, 0.25) is 0 Å². The van der Waals surface area contributed by atoms with E-state index >= 15 is 0 Å². The lowest BCUT2D eigenvalue weighted by atomic mass is 10.0. The van der Waals surface area contributed by atoms with Crippen LogP contribution in [0.1, 0.15) is 13.2 Å². The number of aromatic amines is 1. The van der Waals surface area contributed by atoms with E-state index in [0.717, 1.165) is 0 Å². The maximum Gasteiger partial charge on any atom is 0.330 e. The van der Waals surface area contributed by atoms with Crippen molar-refractivity contribution in [2.24, 2.45) is 11.3 Å². The van der Waals surface area contributed by atoms with Gasteiger partial charge in [0, 0.05) is 18.2 Å². The highest BCUT2D eigenvalue weighted by Crippen LogP contribution is 2.35. The SMILES string of the molecule is CC1C(ON=O)C(CO)OC1n1ccc(=O)[nH]c1=O. The van der Waals surface area contributed by atoms with Crippen molar-refractivity contribution in [3.05, 3.63) is 38.0 Å². The molecule has 1 aromatic heterocycles. The largest absolute Gasteiger partial charge is 0.394 e. The van der Waals surface area contributed by atoms with E-state index in [4.69, 9.17) is 9.84 Å². The van der Waals surface area contributed by atoms with Crippen LogP contribution in [0, 0.1) is 10.8 Å². The molecule has 1 aliphatic heterocycles. The van der Waals surface area contributed by atoms with Crippen molar-refractivity contribution in [3.8, 4) is 0 Å². The highest BCUT2D eigenvalue weighted by Gasteiger charge is 2.45. The van der Waals surface area contributed by atoms with Gasteiger partial charge in [0.1, 0.15) is 12.3 Å². The van der Waals surface area contributed by atoms with Crippen LogP contribution in [0.4, 0.5) is 0 Å². The van der Waals surface area contributed by atoms with Gasteiger partial charge in [-0.05, 0) is 0 Å². The number of hydrogen-bond acceptors (Lipinski definition) is 7. The lowest BCUT2D eigenvalue weighted by Gasteiger charge is -2.17. The molecule has 1 aliphatic rings. The van der Waals surface area contributed by atoms with Gasteiger partial charge >= 0.3 is 5.69 Å². The Hall–Kier alpha value is -2.00. The molecule has 9 heteroatoms. The van der Waals surface area contributed by atoms with Gasteiger partial charge in [-0.1, -0.05) is 6.92 Å². The Labute approximate surface area is 106 Å². The summed E-state index contributed by atoms with van der Waals surface area (Å²) < 4.78 is 6.63. The van der Waals surface area contributed by atoms with Gasteiger partial charge in [0.15, 0.2) is 11.4 Å². The molecule has 0 aromatic carbocycles. The molecule has 4 atom stereocenters. The van der Waals surface area contributed by atoms with Gasteiger partial charge in [-0.3, -0.25) is 14.3 Å². The summed E-state index contributed by atoms with van der Waals surface area (Å²) in [6, 6.07) is 1.18. The zero-order chi connectivity index (χ0) is 14.0. The minimum atomic E-state index is -0.767. The summed E-state index contributed by atoms with van der Waals surface area (Å²) in [5.41, 5.74) is -1.16. The van der Waals surface area contributed by atoms with Gasteiger partial charge < -0.3 is 14.7 Å². The van der Waals surface area contributed by atoms with Crippen LogP contribution >= 0.6 is 0 Å². The normalized spacial score (nSPS) is 30.2. The first-order chi connectivity index (χ1) is 9.08. The maximum atomic E-state index is 11.7. The summed E-state index contributed by atoms with van der Waals surface area (Å²) in [5, 5.41) is 11.5. The molecule has 1 aromatic rings. The number of aliphatic hydroxyl groups is 1. The second kappa shape index (κ2) is 5.33. The van der Waals surface area contributed by atoms with Gasteiger partial charge in [0.25, 0.3) is 5.56 Å². The van der Waals surface area contributed by atoms with E-state index in [9.17, 15) is 14.5 Å². The van der Waals surface area contributed by atoms with Crippen molar-refractivity contribution in [1.82, 2.24) is 9.55 Å². The van der Waals surface area contributed by atoms with E-state index in [0.29, 0.717) is 0 Å². The van der Waals surface area contributed by atoms with Crippen LogP contribution in [-0.4, -0.2) is 33.5 Å². The Morgan fingerprint density at radius 1 is 1.58 bits per heavy atom. The monoisotopic (exact) mass is 271 g/mol. The van der Waals surface area contributed by atoms with Crippen LogP contribution in [0.5, 0.6) is 0 Å². The second-order valence-electron chi connectivity index (χ2n) is 4.27. The minimum Gasteiger partial charge on any atom is -0.394 e. The fraction of sp³-hybridized carbons (Fsp3) is 0.600. The summed E-state index contributed by atoms with van der Waals surface area (Å²) in [4.78, 5) is 39.6. The molecule has 0 radical (unpaired) electrons. The standard InChI is InChI=1S/C10H13N3O6/c1-5-8(19-12-17)6(4-14)18-9(5)13-3-2-7(15)11-10(13)16/h2-3,5-6,8-9,14H,4H2,1H3,(H,11,15,16). The van der Waals surface area contributed by atoms with E-state index < -0.39 is 35.6 Å². The summed E-state index contributed by atoms with van der Waals surface area (Å²) in [5.74, 6) is -0.404. The molecule has 2 heterocycles. The second-order valence-corrected chi connectivity index (χ2v) is 4.27. The van der Waals surface area contributed by atoms with Crippen LogP contribution in [0.2, 0.25) is 0 Å². The van der Waals surface area contributed by atoms with E-state index in [2.05, 4.69) is 15.2 Å². The number of nitrogens with one attached hydrogen (secondary N) is 1. The quantitative estimate of drug-likeness (QED) is 0.542. The number of rotatable bonds is 4. The predicted octanol–water partition coefficient (Wildman–Crippen LogP) is -0.871. The Morgan fingerprint density at radius 3 is 2.89 bits per heavy atom.